The Balaban J connectivity index is 1.29. The minimum Gasteiger partial charge on any atom is -0.494 e. The number of para-hydroxylation sites is 2. The third kappa shape index (κ3) is 7.34. The SMILES string of the molecule is COc1ccccc1N=c1scc(-c2ccc3c(c2)NC(=O)CO3)n1/N=C\c1ccc(OCC(=O)Nc2ccc(C)cc2)c(OC)c1. The van der Waals surface area contributed by atoms with E-state index in [4.69, 9.17) is 29.0 Å². The molecule has 1 aromatic heterocycles. The molecule has 6 rings (SSSR count). The Morgan fingerprint density at radius 1 is 1.00 bits per heavy atom. The number of aryl methyl sites for hydroxylation is 1. The predicted molar refractivity (Wildman–Crippen MR) is 181 cm³/mol. The molecule has 0 saturated heterocycles. The van der Waals surface area contributed by atoms with Gasteiger partial charge in [0.05, 0.1) is 31.8 Å². The van der Waals surface area contributed by atoms with Crippen LogP contribution in [0, 0.1) is 6.92 Å². The number of benzene rings is 4. The second-order valence-electron chi connectivity index (χ2n) is 10.4. The molecule has 2 amide bonds. The lowest BCUT2D eigenvalue weighted by molar-refractivity contribution is -0.119. The molecule has 2 heterocycles. The highest BCUT2D eigenvalue weighted by molar-refractivity contribution is 7.07. The number of amides is 2. The zero-order valence-corrected chi connectivity index (χ0v) is 26.7. The van der Waals surface area contributed by atoms with Crippen LogP contribution in [0.5, 0.6) is 23.0 Å². The molecular weight excluding hydrogens is 618 g/mol. The number of ether oxygens (including phenoxy) is 4. The van der Waals surface area contributed by atoms with E-state index in [0.29, 0.717) is 44.9 Å². The minimum absolute atomic E-state index is 0.0229. The maximum Gasteiger partial charge on any atom is 0.262 e. The molecule has 0 saturated carbocycles. The van der Waals surface area contributed by atoms with Crippen molar-refractivity contribution in [3.05, 3.63) is 106 Å². The minimum atomic E-state index is -0.289. The van der Waals surface area contributed by atoms with Crippen molar-refractivity contribution in [3.8, 4) is 34.3 Å². The first-order chi connectivity index (χ1) is 22.9. The number of anilines is 2. The number of carbonyl (C=O) groups is 2. The lowest BCUT2D eigenvalue weighted by Crippen LogP contribution is -2.25. The second-order valence-corrected chi connectivity index (χ2v) is 11.2. The average Bonchev–Trinajstić information content (AvgIpc) is 3.49. The summed E-state index contributed by atoms with van der Waals surface area (Å²) in [5, 5.41) is 12.4. The van der Waals surface area contributed by atoms with Crippen molar-refractivity contribution in [2.24, 2.45) is 10.1 Å². The Morgan fingerprint density at radius 3 is 2.62 bits per heavy atom. The fourth-order valence-corrected chi connectivity index (χ4v) is 5.59. The second kappa shape index (κ2) is 14.0. The van der Waals surface area contributed by atoms with Crippen molar-refractivity contribution in [1.29, 1.82) is 0 Å². The van der Waals surface area contributed by atoms with Gasteiger partial charge in [-0.3, -0.25) is 9.59 Å². The summed E-state index contributed by atoms with van der Waals surface area (Å²) in [6.45, 7) is 1.77. The highest BCUT2D eigenvalue weighted by Crippen LogP contribution is 2.34. The summed E-state index contributed by atoms with van der Waals surface area (Å²) in [5.41, 5.74) is 5.29. The van der Waals surface area contributed by atoms with Crippen LogP contribution in [0.25, 0.3) is 11.3 Å². The van der Waals surface area contributed by atoms with Gasteiger partial charge >= 0.3 is 0 Å². The molecule has 0 aliphatic carbocycles. The van der Waals surface area contributed by atoms with Gasteiger partial charge in [-0.05, 0) is 73.2 Å². The Hall–Kier alpha value is -5.88. The third-order valence-corrected chi connectivity index (χ3v) is 7.91. The molecule has 0 atom stereocenters. The smallest absolute Gasteiger partial charge is 0.262 e. The molecule has 0 radical (unpaired) electrons. The molecule has 0 fully saturated rings. The van der Waals surface area contributed by atoms with E-state index in [9.17, 15) is 9.59 Å². The van der Waals surface area contributed by atoms with E-state index in [2.05, 4.69) is 10.6 Å². The van der Waals surface area contributed by atoms with Crippen LogP contribution in [-0.2, 0) is 9.59 Å². The number of carbonyl (C=O) groups excluding carboxylic acids is 2. The number of hydrogen-bond acceptors (Lipinski definition) is 9. The molecule has 12 heteroatoms. The topological polar surface area (TPSA) is 125 Å². The first-order valence-corrected chi connectivity index (χ1v) is 15.4. The Kier molecular flexibility index (Phi) is 9.30. The zero-order valence-electron chi connectivity index (χ0n) is 25.9. The van der Waals surface area contributed by atoms with E-state index >= 15 is 0 Å². The molecule has 4 aromatic carbocycles. The molecule has 1 aliphatic heterocycles. The summed E-state index contributed by atoms with van der Waals surface area (Å²) >= 11 is 1.40. The van der Waals surface area contributed by atoms with E-state index in [-0.39, 0.29) is 25.0 Å². The van der Waals surface area contributed by atoms with Crippen LogP contribution >= 0.6 is 11.3 Å². The van der Waals surface area contributed by atoms with Crippen molar-refractivity contribution >= 4 is 46.4 Å². The Morgan fingerprint density at radius 2 is 1.81 bits per heavy atom. The van der Waals surface area contributed by atoms with Crippen molar-refractivity contribution < 1.29 is 28.5 Å². The summed E-state index contributed by atoms with van der Waals surface area (Å²) in [5.74, 6) is 1.57. The van der Waals surface area contributed by atoms with Crippen LogP contribution in [0.15, 0.2) is 100 Å². The van der Waals surface area contributed by atoms with E-state index in [1.165, 1.54) is 18.4 Å². The normalized spacial score (nSPS) is 12.7. The van der Waals surface area contributed by atoms with Crippen LogP contribution in [0.1, 0.15) is 11.1 Å². The first kappa shape index (κ1) is 31.1. The summed E-state index contributed by atoms with van der Waals surface area (Å²) in [6, 6.07) is 25.9. The molecule has 5 aromatic rings. The Labute approximate surface area is 274 Å². The third-order valence-electron chi connectivity index (χ3n) is 7.10. The van der Waals surface area contributed by atoms with Crippen molar-refractivity contribution in [2.75, 3.05) is 38.1 Å². The molecule has 0 unspecified atom stereocenters. The number of hydrogen-bond donors (Lipinski definition) is 2. The van der Waals surface area contributed by atoms with E-state index in [1.54, 1.807) is 30.1 Å². The van der Waals surface area contributed by atoms with Gasteiger partial charge in [-0.15, -0.1) is 11.3 Å². The first-order valence-electron chi connectivity index (χ1n) is 14.6. The van der Waals surface area contributed by atoms with Crippen LogP contribution in [-0.4, -0.2) is 50.1 Å². The predicted octanol–water partition coefficient (Wildman–Crippen LogP) is 6.01. The maximum atomic E-state index is 12.5. The van der Waals surface area contributed by atoms with E-state index in [1.807, 2.05) is 85.1 Å². The van der Waals surface area contributed by atoms with Gasteiger partial charge in [0.15, 0.2) is 24.7 Å². The van der Waals surface area contributed by atoms with Gasteiger partial charge in [0.2, 0.25) is 4.80 Å². The molecule has 11 nitrogen and oxygen atoms in total. The lowest BCUT2D eigenvalue weighted by Gasteiger charge is -2.18. The number of rotatable bonds is 10. The largest absolute Gasteiger partial charge is 0.494 e. The standard InChI is InChI=1S/C35H31N5O6S/c1-22-8-12-25(13-9-22)37-33(41)19-46-31-14-10-23(16-32(31)44-3)18-36-40-28(24-11-15-30-27(17-24)38-34(42)20-45-30)21-47-35(40)39-26-6-4-5-7-29(26)43-2/h4-18,21H,19-20H2,1-3H3,(H,37,41)(H,38,42)/b36-18-,39-35?. The highest BCUT2D eigenvalue weighted by Gasteiger charge is 2.18. The molecule has 47 heavy (non-hydrogen) atoms. The summed E-state index contributed by atoms with van der Waals surface area (Å²) in [4.78, 5) is 29.9. The van der Waals surface area contributed by atoms with Crippen LogP contribution in [0.3, 0.4) is 0 Å². The van der Waals surface area contributed by atoms with E-state index < -0.39 is 0 Å². The van der Waals surface area contributed by atoms with Gasteiger partial charge in [-0.1, -0.05) is 29.8 Å². The van der Waals surface area contributed by atoms with Crippen molar-refractivity contribution in [3.63, 3.8) is 0 Å². The quantitative estimate of drug-likeness (QED) is 0.179. The molecule has 2 N–H and O–H groups in total. The van der Waals surface area contributed by atoms with Crippen molar-refractivity contribution in [1.82, 2.24) is 4.68 Å². The number of nitrogens with zero attached hydrogens (tertiary/aromatic N) is 3. The average molecular weight is 650 g/mol. The number of aromatic nitrogens is 1. The van der Waals surface area contributed by atoms with E-state index in [0.717, 1.165) is 22.4 Å². The summed E-state index contributed by atoms with van der Waals surface area (Å²) < 4.78 is 24.1. The van der Waals surface area contributed by atoms with Gasteiger partial charge in [0.25, 0.3) is 11.8 Å². The monoisotopic (exact) mass is 649 g/mol. The highest BCUT2D eigenvalue weighted by atomic mass is 32.1. The number of fused-ring (bicyclic) bond motifs is 1. The van der Waals surface area contributed by atoms with Gasteiger partial charge in [0, 0.05) is 16.6 Å². The van der Waals surface area contributed by atoms with Gasteiger partial charge in [-0.2, -0.15) is 5.10 Å². The summed E-state index contributed by atoms with van der Waals surface area (Å²) in [7, 11) is 3.13. The maximum absolute atomic E-state index is 12.5. The molecule has 0 bridgehead atoms. The van der Waals surface area contributed by atoms with Gasteiger partial charge < -0.3 is 29.6 Å². The van der Waals surface area contributed by atoms with Gasteiger partial charge in [-0.25, -0.2) is 9.67 Å². The zero-order chi connectivity index (χ0) is 32.8. The van der Waals surface area contributed by atoms with Crippen LogP contribution in [0.4, 0.5) is 17.1 Å². The number of thiazole rings is 1. The fraction of sp³-hybridized carbons (Fsp3) is 0.143. The number of methoxy groups -OCH3 is 2. The lowest BCUT2D eigenvalue weighted by atomic mass is 10.1. The number of nitrogens with one attached hydrogen (secondary N) is 2. The van der Waals surface area contributed by atoms with Crippen LogP contribution in [0.2, 0.25) is 0 Å². The van der Waals surface area contributed by atoms with Gasteiger partial charge in [0.1, 0.15) is 17.2 Å². The summed E-state index contributed by atoms with van der Waals surface area (Å²) in [6.07, 6.45) is 1.68. The molecule has 1 aliphatic rings. The van der Waals surface area contributed by atoms with Crippen LogP contribution < -0.4 is 34.4 Å². The molecular formula is C35H31N5O6S. The molecule has 0 spiro atoms. The molecule has 238 valence electrons. The van der Waals surface area contributed by atoms with Crippen molar-refractivity contribution in [2.45, 2.75) is 6.92 Å². The fourth-order valence-electron chi connectivity index (χ4n) is 4.74. The Bertz CT molecular complexity index is 2030.